The summed E-state index contributed by atoms with van der Waals surface area (Å²) in [5, 5.41) is 5.04. The Labute approximate surface area is 137 Å². The number of hydrogen-bond acceptors (Lipinski definition) is 3. The molecular weight excluding hydrogens is 327 g/mol. The number of benzene rings is 1. The van der Waals surface area contributed by atoms with Gasteiger partial charge in [0.2, 0.25) is 0 Å². The van der Waals surface area contributed by atoms with Gasteiger partial charge in [-0.3, -0.25) is 10.1 Å². The second-order valence-electron chi connectivity index (χ2n) is 5.02. The number of hydrogen-bond donors (Lipinski definition) is 1. The van der Waals surface area contributed by atoms with E-state index in [1.165, 1.54) is 41.7 Å². The number of fused-ring (bicyclic) bond motifs is 1. The van der Waals surface area contributed by atoms with Gasteiger partial charge >= 0.3 is 0 Å². The highest BCUT2D eigenvalue weighted by atomic mass is 35.5. The number of alkyl halides is 2. The quantitative estimate of drug-likeness (QED) is 0.839. The molecule has 0 fully saturated rings. The second-order valence-corrected chi connectivity index (χ2v) is 6.97. The molecule has 0 spiro atoms. The molecule has 0 aliphatic heterocycles. The average molecular weight is 341 g/mol. The van der Waals surface area contributed by atoms with Crippen molar-refractivity contribution in [3.63, 3.8) is 0 Å². The molecule has 0 bridgehead atoms. The maximum absolute atomic E-state index is 11.4. The van der Waals surface area contributed by atoms with Crippen LogP contribution < -0.4 is 5.32 Å². The number of rotatable bonds is 3. The molecule has 1 aliphatic carbocycles. The Bertz CT molecular complexity index is 669. The van der Waals surface area contributed by atoms with Crippen molar-refractivity contribution in [2.75, 3.05) is 5.32 Å². The van der Waals surface area contributed by atoms with E-state index in [1.54, 1.807) is 0 Å². The van der Waals surface area contributed by atoms with Crippen LogP contribution in [0.25, 0.3) is 11.3 Å². The summed E-state index contributed by atoms with van der Waals surface area (Å²) in [5.74, 6) is -0.454. The van der Waals surface area contributed by atoms with E-state index in [2.05, 4.69) is 28.5 Å². The lowest BCUT2D eigenvalue weighted by molar-refractivity contribution is -0.114. The molecule has 1 aromatic carbocycles. The molecule has 1 amide bonds. The van der Waals surface area contributed by atoms with Gasteiger partial charge in [-0.1, -0.05) is 35.3 Å². The van der Waals surface area contributed by atoms with Crippen molar-refractivity contribution in [3.05, 3.63) is 34.7 Å². The summed E-state index contributed by atoms with van der Waals surface area (Å²) < 4.78 is 0. The lowest BCUT2D eigenvalue weighted by Gasteiger charge is -2.16. The van der Waals surface area contributed by atoms with Gasteiger partial charge in [0.25, 0.3) is 5.91 Å². The van der Waals surface area contributed by atoms with Crippen LogP contribution >= 0.6 is 34.5 Å². The van der Waals surface area contributed by atoms with Crippen molar-refractivity contribution >= 4 is 45.6 Å². The van der Waals surface area contributed by atoms with Gasteiger partial charge in [-0.2, -0.15) is 0 Å². The molecule has 6 heteroatoms. The zero-order valence-corrected chi connectivity index (χ0v) is 13.6. The van der Waals surface area contributed by atoms with Crippen LogP contribution in [0.1, 0.15) is 24.0 Å². The first-order valence-corrected chi connectivity index (χ1v) is 8.55. The Morgan fingerprint density at radius 2 is 2.00 bits per heavy atom. The minimum atomic E-state index is -1.08. The van der Waals surface area contributed by atoms with Gasteiger partial charge in [-0.25, -0.2) is 4.98 Å². The molecule has 0 saturated heterocycles. The minimum absolute atomic E-state index is 0.454. The lowest BCUT2D eigenvalue weighted by atomic mass is 9.90. The molecule has 0 saturated carbocycles. The van der Waals surface area contributed by atoms with Crippen LogP contribution in [0.5, 0.6) is 0 Å². The van der Waals surface area contributed by atoms with Crippen molar-refractivity contribution in [2.24, 2.45) is 0 Å². The molecule has 3 rings (SSSR count). The standard InChI is InChI=1S/C15H14Cl2N2OS/c16-13(17)14(20)19-15-18-12(8-21-15)11-6-5-9-3-1-2-4-10(9)7-11/h5-8,13H,1-4H2,(H,18,19,20). The topological polar surface area (TPSA) is 42.0 Å². The highest BCUT2D eigenvalue weighted by molar-refractivity contribution is 7.14. The number of nitrogens with zero attached hydrogens (tertiary/aromatic N) is 1. The fraction of sp³-hybridized carbons (Fsp3) is 0.333. The summed E-state index contributed by atoms with van der Waals surface area (Å²) in [4.78, 5) is 14.8. The third kappa shape index (κ3) is 3.39. The second kappa shape index (κ2) is 6.34. The molecule has 0 atom stereocenters. The Morgan fingerprint density at radius 1 is 1.24 bits per heavy atom. The number of aromatic nitrogens is 1. The molecule has 1 aromatic heterocycles. The first-order valence-electron chi connectivity index (χ1n) is 6.80. The summed E-state index contributed by atoms with van der Waals surface area (Å²) in [6, 6.07) is 6.49. The van der Waals surface area contributed by atoms with E-state index in [-0.39, 0.29) is 0 Å². The summed E-state index contributed by atoms with van der Waals surface area (Å²) in [6.07, 6.45) is 4.83. The summed E-state index contributed by atoms with van der Waals surface area (Å²) >= 11 is 12.4. The highest BCUT2D eigenvalue weighted by Gasteiger charge is 2.15. The van der Waals surface area contributed by atoms with Gasteiger partial charge in [0.1, 0.15) is 0 Å². The van der Waals surface area contributed by atoms with Gasteiger partial charge in [-0.05, 0) is 42.9 Å². The van der Waals surface area contributed by atoms with E-state index in [9.17, 15) is 4.79 Å². The molecule has 1 N–H and O–H groups in total. The monoisotopic (exact) mass is 340 g/mol. The predicted octanol–water partition coefficient (Wildman–Crippen LogP) is 4.43. The number of thiazole rings is 1. The SMILES string of the molecule is O=C(Nc1nc(-c2ccc3c(c2)CCCC3)cs1)C(Cl)Cl. The third-order valence-corrected chi connectivity index (χ3v) is 4.73. The summed E-state index contributed by atoms with van der Waals surface area (Å²) in [7, 11) is 0. The highest BCUT2D eigenvalue weighted by Crippen LogP contribution is 2.29. The van der Waals surface area contributed by atoms with E-state index in [0.29, 0.717) is 5.13 Å². The van der Waals surface area contributed by atoms with Crippen LogP contribution in [-0.4, -0.2) is 15.7 Å². The first kappa shape index (κ1) is 14.8. The van der Waals surface area contributed by atoms with Gasteiger partial charge in [0.05, 0.1) is 5.69 Å². The Morgan fingerprint density at radius 3 is 2.76 bits per heavy atom. The first-order chi connectivity index (χ1) is 10.1. The van der Waals surface area contributed by atoms with Crippen LogP contribution in [0.2, 0.25) is 0 Å². The van der Waals surface area contributed by atoms with Crippen LogP contribution in [0.4, 0.5) is 5.13 Å². The fourth-order valence-corrected chi connectivity index (χ4v) is 3.35. The van der Waals surface area contributed by atoms with E-state index < -0.39 is 10.7 Å². The van der Waals surface area contributed by atoms with Gasteiger partial charge < -0.3 is 0 Å². The van der Waals surface area contributed by atoms with Gasteiger partial charge in [-0.15, -0.1) is 11.3 Å². The molecule has 0 radical (unpaired) electrons. The number of amides is 1. The smallest absolute Gasteiger partial charge is 0.259 e. The van der Waals surface area contributed by atoms with E-state index >= 15 is 0 Å². The Kier molecular flexibility index (Phi) is 4.48. The Hall–Kier alpha value is -1.10. The van der Waals surface area contributed by atoms with Gasteiger partial charge in [0, 0.05) is 10.9 Å². The number of carbonyl (C=O) groups excluding carboxylic acids is 1. The summed E-state index contributed by atoms with van der Waals surface area (Å²) in [6.45, 7) is 0. The zero-order chi connectivity index (χ0) is 14.8. The van der Waals surface area contributed by atoms with E-state index in [0.717, 1.165) is 17.7 Å². The van der Waals surface area contributed by atoms with Crippen LogP contribution in [0.3, 0.4) is 0 Å². The maximum Gasteiger partial charge on any atom is 0.259 e. The average Bonchev–Trinajstić information content (AvgIpc) is 2.95. The maximum atomic E-state index is 11.4. The molecule has 110 valence electrons. The van der Waals surface area contributed by atoms with E-state index in [1.807, 2.05) is 5.38 Å². The molecule has 0 unspecified atom stereocenters. The van der Waals surface area contributed by atoms with Gasteiger partial charge in [0.15, 0.2) is 9.97 Å². The molecule has 21 heavy (non-hydrogen) atoms. The number of anilines is 1. The zero-order valence-electron chi connectivity index (χ0n) is 11.2. The minimum Gasteiger partial charge on any atom is -0.300 e. The molecule has 3 nitrogen and oxygen atoms in total. The number of aryl methyl sites for hydroxylation is 2. The van der Waals surface area contributed by atoms with Crippen molar-refractivity contribution in [2.45, 2.75) is 30.5 Å². The largest absolute Gasteiger partial charge is 0.300 e. The van der Waals surface area contributed by atoms with Crippen molar-refractivity contribution in [1.82, 2.24) is 4.98 Å². The van der Waals surface area contributed by atoms with Crippen LogP contribution in [0, 0.1) is 0 Å². The van der Waals surface area contributed by atoms with Crippen LogP contribution in [0.15, 0.2) is 23.6 Å². The number of halogens is 2. The van der Waals surface area contributed by atoms with Crippen molar-refractivity contribution in [1.29, 1.82) is 0 Å². The number of carbonyl (C=O) groups is 1. The normalized spacial score (nSPS) is 14.0. The lowest BCUT2D eigenvalue weighted by Crippen LogP contribution is -2.18. The molecule has 1 heterocycles. The molecule has 1 aliphatic rings. The molecular formula is C15H14Cl2N2OS. The van der Waals surface area contributed by atoms with E-state index in [4.69, 9.17) is 23.2 Å². The summed E-state index contributed by atoms with van der Waals surface area (Å²) in [5.41, 5.74) is 4.81. The fourth-order valence-electron chi connectivity index (χ4n) is 2.52. The number of nitrogens with one attached hydrogen (secondary N) is 1. The van der Waals surface area contributed by atoms with Crippen molar-refractivity contribution < 1.29 is 4.79 Å². The van der Waals surface area contributed by atoms with Crippen molar-refractivity contribution in [3.8, 4) is 11.3 Å². The Balaban J connectivity index is 1.81. The van der Waals surface area contributed by atoms with Crippen LogP contribution in [-0.2, 0) is 17.6 Å². The predicted molar refractivity (Wildman–Crippen MR) is 88.3 cm³/mol. The molecule has 2 aromatic rings. The third-order valence-electron chi connectivity index (χ3n) is 3.58.